The largest absolute Gasteiger partial charge is 0.333 e. The van der Waals surface area contributed by atoms with Gasteiger partial charge < -0.3 is 15.2 Å². The van der Waals surface area contributed by atoms with Gasteiger partial charge in [0.1, 0.15) is 0 Å². The molecule has 2 N–H and O–H groups in total. The highest BCUT2D eigenvalue weighted by Crippen LogP contribution is 2.24. The zero-order valence-electron chi connectivity index (χ0n) is 12.4. The fraction of sp³-hybridized carbons (Fsp3) is 0.786. The highest BCUT2D eigenvalue weighted by atomic mass is 15.3. The SMILES string of the molecule is CCCn1cncc1C(CN)N1CCN(C)CC1C. The quantitative estimate of drug-likeness (QED) is 0.860. The van der Waals surface area contributed by atoms with Gasteiger partial charge in [-0.2, -0.15) is 0 Å². The first-order valence-electron chi connectivity index (χ1n) is 7.31. The normalized spacial score (nSPS) is 23.7. The number of likely N-dealkylation sites (N-methyl/N-ethyl adjacent to an activating group) is 1. The van der Waals surface area contributed by atoms with E-state index in [9.17, 15) is 0 Å². The second-order valence-corrected chi connectivity index (χ2v) is 5.61. The molecule has 1 aliphatic rings. The van der Waals surface area contributed by atoms with Gasteiger partial charge in [0.25, 0.3) is 0 Å². The minimum Gasteiger partial charge on any atom is -0.333 e. The van der Waals surface area contributed by atoms with Crippen molar-refractivity contribution in [2.45, 2.75) is 38.9 Å². The van der Waals surface area contributed by atoms with E-state index in [0.717, 1.165) is 32.6 Å². The number of nitrogens with zero attached hydrogens (tertiary/aromatic N) is 4. The van der Waals surface area contributed by atoms with Crippen LogP contribution in [0.4, 0.5) is 0 Å². The molecule has 1 aromatic rings. The molecule has 19 heavy (non-hydrogen) atoms. The van der Waals surface area contributed by atoms with E-state index in [2.05, 4.69) is 40.2 Å². The molecular weight excluding hydrogens is 238 g/mol. The molecule has 2 rings (SSSR count). The maximum Gasteiger partial charge on any atom is 0.0948 e. The molecular formula is C14H27N5. The number of hydrogen-bond acceptors (Lipinski definition) is 4. The number of aryl methyl sites for hydroxylation is 1. The van der Waals surface area contributed by atoms with E-state index in [0.29, 0.717) is 12.6 Å². The van der Waals surface area contributed by atoms with Gasteiger partial charge in [-0.1, -0.05) is 6.92 Å². The second kappa shape index (κ2) is 6.50. The van der Waals surface area contributed by atoms with E-state index in [1.807, 2.05) is 12.5 Å². The van der Waals surface area contributed by atoms with Gasteiger partial charge in [0.15, 0.2) is 0 Å². The molecule has 1 fully saturated rings. The summed E-state index contributed by atoms with van der Waals surface area (Å²) < 4.78 is 2.25. The van der Waals surface area contributed by atoms with Crippen molar-refractivity contribution in [2.75, 3.05) is 33.2 Å². The Hall–Kier alpha value is -0.910. The van der Waals surface area contributed by atoms with Crippen molar-refractivity contribution < 1.29 is 0 Å². The average Bonchev–Trinajstić information content (AvgIpc) is 2.82. The van der Waals surface area contributed by atoms with Crippen LogP contribution >= 0.6 is 0 Å². The Bertz CT molecular complexity index is 389. The Kier molecular flexibility index (Phi) is 4.96. The second-order valence-electron chi connectivity index (χ2n) is 5.61. The molecule has 2 atom stereocenters. The van der Waals surface area contributed by atoms with Gasteiger partial charge in [0.05, 0.1) is 18.1 Å². The molecule has 0 amide bonds. The van der Waals surface area contributed by atoms with Crippen molar-refractivity contribution >= 4 is 0 Å². The lowest BCUT2D eigenvalue weighted by atomic mass is 10.1. The van der Waals surface area contributed by atoms with E-state index in [1.165, 1.54) is 5.69 Å². The zero-order chi connectivity index (χ0) is 13.8. The zero-order valence-corrected chi connectivity index (χ0v) is 12.4. The van der Waals surface area contributed by atoms with Crippen LogP contribution in [0, 0.1) is 0 Å². The monoisotopic (exact) mass is 265 g/mol. The third-order valence-corrected chi connectivity index (χ3v) is 4.06. The summed E-state index contributed by atoms with van der Waals surface area (Å²) in [5.41, 5.74) is 7.32. The van der Waals surface area contributed by atoms with E-state index in [4.69, 9.17) is 5.73 Å². The van der Waals surface area contributed by atoms with Gasteiger partial charge in [0, 0.05) is 45.0 Å². The summed E-state index contributed by atoms with van der Waals surface area (Å²) >= 11 is 0. The minimum absolute atomic E-state index is 0.290. The van der Waals surface area contributed by atoms with Crippen molar-refractivity contribution in [1.82, 2.24) is 19.4 Å². The van der Waals surface area contributed by atoms with Crippen LogP contribution in [0.15, 0.2) is 12.5 Å². The van der Waals surface area contributed by atoms with Crippen LogP contribution in [0.2, 0.25) is 0 Å². The number of nitrogens with two attached hydrogens (primary N) is 1. The van der Waals surface area contributed by atoms with Gasteiger partial charge in [-0.15, -0.1) is 0 Å². The highest BCUT2D eigenvalue weighted by Gasteiger charge is 2.29. The van der Waals surface area contributed by atoms with Gasteiger partial charge in [0.2, 0.25) is 0 Å². The van der Waals surface area contributed by atoms with Crippen molar-refractivity contribution in [2.24, 2.45) is 5.73 Å². The summed E-state index contributed by atoms with van der Waals surface area (Å²) in [6.07, 6.45) is 5.04. The summed E-state index contributed by atoms with van der Waals surface area (Å²) in [5.74, 6) is 0. The van der Waals surface area contributed by atoms with Crippen LogP contribution in [0.1, 0.15) is 32.0 Å². The van der Waals surface area contributed by atoms with Crippen LogP contribution in [0.25, 0.3) is 0 Å². The Morgan fingerprint density at radius 1 is 1.47 bits per heavy atom. The van der Waals surface area contributed by atoms with Crippen LogP contribution in [-0.2, 0) is 6.54 Å². The van der Waals surface area contributed by atoms with E-state index >= 15 is 0 Å². The van der Waals surface area contributed by atoms with Crippen LogP contribution in [-0.4, -0.2) is 58.6 Å². The molecule has 108 valence electrons. The molecule has 0 saturated carbocycles. The summed E-state index contributed by atoms with van der Waals surface area (Å²) in [4.78, 5) is 9.23. The maximum atomic E-state index is 6.06. The van der Waals surface area contributed by atoms with Crippen molar-refractivity contribution in [3.8, 4) is 0 Å². The number of imidazole rings is 1. The van der Waals surface area contributed by atoms with Crippen LogP contribution in [0.5, 0.6) is 0 Å². The van der Waals surface area contributed by atoms with Crippen molar-refractivity contribution in [3.05, 3.63) is 18.2 Å². The molecule has 0 aromatic carbocycles. The van der Waals surface area contributed by atoms with Gasteiger partial charge >= 0.3 is 0 Å². The summed E-state index contributed by atoms with van der Waals surface area (Å²) in [7, 11) is 2.19. The third-order valence-electron chi connectivity index (χ3n) is 4.06. The number of rotatable bonds is 5. The number of hydrogen-bond donors (Lipinski definition) is 1. The highest BCUT2D eigenvalue weighted by molar-refractivity contribution is 5.08. The first-order valence-corrected chi connectivity index (χ1v) is 7.31. The van der Waals surface area contributed by atoms with E-state index in [1.54, 1.807) is 0 Å². The third kappa shape index (κ3) is 3.16. The van der Waals surface area contributed by atoms with Crippen LogP contribution < -0.4 is 5.73 Å². The first kappa shape index (κ1) is 14.5. The smallest absolute Gasteiger partial charge is 0.0948 e. The fourth-order valence-electron chi connectivity index (χ4n) is 3.08. The molecule has 0 aliphatic carbocycles. The standard InChI is InChI=1S/C14H27N5/c1-4-5-18-11-16-9-14(18)13(8-15)19-7-6-17(3)10-12(19)2/h9,11-13H,4-8,10,15H2,1-3H3. The maximum absolute atomic E-state index is 6.06. The lowest BCUT2D eigenvalue weighted by Crippen LogP contribution is -2.53. The number of piperazine rings is 1. The molecule has 5 heteroatoms. The molecule has 0 bridgehead atoms. The molecule has 0 spiro atoms. The average molecular weight is 265 g/mol. The van der Waals surface area contributed by atoms with Crippen molar-refractivity contribution in [3.63, 3.8) is 0 Å². The Labute approximate surface area is 116 Å². The number of aromatic nitrogens is 2. The molecule has 1 aliphatic heterocycles. The van der Waals surface area contributed by atoms with E-state index in [-0.39, 0.29) is 6.04 Å². The fourth-order valence-corrected chi connectivity index (χ4v) is 3.08. The lowest BCUT2D eigenvalue weighted by molar-refractivity contribution is 0.0606. The first-order chi connectivity index (χ1) is 9.17. The minimum atomic E-state index is 0.290. The van der Waals surface area contributed by atoms with E-state index < -0.39 is 0 Å². The van der Waals surface area contributed by atoms with Gasteiger partial charge in [-0.05, 0) is 20.4 Å². The molecule has 1 saturated heterocycles. The summed E-state index contributed by atoms with van der Waals surface area (Å²) in [6, 6.07) is 0.829. The van der Waals surface area contributed by atoms with Crippen molar-refractivity contribution in [1.29, 1.82) is 0 Å². The van der Waals surface area contributed by atoms with Gasteiger partial charge in [-0.25, -0.2) is 4.98 Å². The molecule has 0 radical (unpaired) electrons. The topological polar surface area (TPSA) is 50.3 Å². The summed E-state index contributed by atoms with van der Waals surface area (Å²) in [5, 5.41) is 0. The summed E-state index contributed by atoms with van der Waals surface area (Å²) in [6.45, 7) is 9.47. The molecule has 5 nitrogen and oxygen atoms in total. The predicted molar refractivity (Wildman–Crippen MR) is 78.0 cm³/mol. The Morgan fingerprint density at radius 3 is 2.89 bits per heavy atom. The molecule has 1 aromatic heterocycles. The molecule has 2 heterocycles. The van der Waals surface area contributed by atoms with Gasteiger partial charge in [-0.3, -0.25) is 4.90 Å². The van der Waals surface area contributed by atoms with Crippen LogP contribution in [0.3, 0.4) is 0 Å². The Balaban J connectivity index is 2.17. The lowest BCUT2D eigenvalue weighted by Gasteiger charge is -2.42. The Morgan fingerprint density at radius 2 is 2.26 bits per heavy atom. The predicted octanol–water partition coefficient (Wildman–Crippen LogP) is 0.929. The molecule has 2 unspecified atom stereocenters.